The van der Waals surface area contributed by atoms with Crippen LogP contribution in [0.1, 0.15) is 11.3 Å². The van der Waals surface area contributed by atoms with E-state index in [0.717, 1.165) is 10.0 Å². The van der Waals surface area contributed by atoms with E-state index in [1.165, 1.54) is 0 Å². The van der Waals surface area contributed by atoms with Crippen LogP contribution in [-0.4, -0.2) is 23.2 Å². The molecule has 5 nitrogen and oxygen atoms in total. The molecule has 2 aromatic rings. The molecule has 0 fully saturated rings. The van der Waals surface area contributed by atoms with Crippen LogP contribution in [0, 0.1) is 13.8 Å². The molecular formula is C13H15BrN2O3S. The molecule has 0 aliphatic carbocycles. The van der Waals surface area contributed by atoms with Crippen LogP contribution >= 0.6 is 15.9 Å². The summed E-state index contributed by atoms with van der Waals surface area (Å²) in [5, 5.41) is 3.97. The summed E-state index contributed by atoms with van der Waals surface area (Å²) in [6.07, 6.45) is 0. The Kier molecular flexibility index (Phi) is 4.95. The molecule has 0 amide bonds. The van der Waals surface area contributed by atoms with Crippen molar-refractivity contribution < 1.29 is 13.5 Å². The molecule has 0 bridgehead atoms. The van der Waals surface area contributed by atoms with E-state index in [1.807, 2.05) is 32.0 Å². The summed E-state index contributed by atoms with van der Waals surface area (Å²) in [5.41, 5.74) is 0.849. The molecule has 108 valence electrons. The van der Waals surface area contributed by atoms with Crippen molar-refractivity contribution in [2.45, 2.75) is 18.7 Å². The van der Waals surface area contributed by atoms with Gasteiger partial charge in [0.25, 0.3) is 0 Å². The quantitative estimate of drug-likeness (QED) is 0.770. The van der Waals surface area contributed by atoms with Gasteiger partial charge in [-0.05, 0) is 41.9 Å². The Morgan fingerprint density at radius 1 is 1.40 bits per heavy atom. The number of rotatable bonds is 5. The lowest BCUT2D eigenvalue weighted by atomic mass is 10.3. The molecule has 1 aromatic heterocycles. The van der Waals surface area contributed by atoms with Gasteiger partial charge in [0.2, 0.25) is 0 Å². The fourth-order valence-corrected chi connectivity index (χ4v) is 3.54. The minimum atomic E-state index is -1.44. The number of nitrogens with zero attached hydrogens (tertiary/aromatic N) is 2. The number of hydrogen-bond donors (Lipinski definition) is 0. The number of ether oxygens (including phenoxy) is 1. The van der Waals surface area contributed by atoms with Gasteiger partial charge in [-0.3, -0.25) is 0 Å². The van der Waals surface area contributed by atoms with Crippen LogP contribution in [-0.2, 0) is 15.7 Å². The number of methoxy groups -OCH3 is 1. The zero-order chi connectivity index (χ0) is 14.7. The molecule has 1 atom stereocenters. The predicted molar refractivity (Wildman–Crippen MR) is 80.9 cm³/mol. The SMILES string of the molecule is COCN(c1noc(C)c1C)S(=O)c1ccccc1Br. The standard InChI is InChI=1S/C13H15BrN2O3S/c1-9-10(2)19-15-13(9)16(8-18-3)20(17)12-7-5-4-6-11(12)14/h4-7H,8H2,1-3H3. The zero-order valence-electron chi connectivity index (χ0n) is 11.4. The van der Waals surface area contributed by atoms with Crippen molar-refractivity contribution in [2.24, 2.45) is 0 Å². The Morgan fingerprint density at radius 3 is 2.65 bits per heavy atom. The molecule has 1 aromatic carbocycles. The molecule has 0 aliphatic heterocycles. The second-order valence-corrected chi connectivity index (χ2v) is 6.40. The van der Waals surface area contributed by atoms with Crippen LogP contribution in [0.2, 0.25) is 0 Å². The van der Waals surface area contributed by atoms with Crippen molar-refractivity contribution in [3.63, 3.8) is 0 Å². The first kappa shape index (κ1) is 15.2. The third-order valence-corrected chi connectivity index (χ3v) is 5.20. The summed E-state index contributed by atoms with van der Waals surface area (Å²) in [6.45, 7) is 3.85. The van der Waals surface area contributed by atoms with E-state index in [9.17, 15) is 4.21 Å². The molecule has 0 radical (unpaired) electrons. The second kappa shape index (κ2) is 6.51. The second-order valence-electron chi connectivity index (χ2n) is 4.16. The molecule has 7 heteroatoms. The summed E-state index contributed by atoms with van der Waals surface area (Å²) in [5.74, 6) is 1.23. The first-order valence-corrected chi connectivity index (χ1v) is 7.82. The van der Waals surface area contributed by atoms with Crippen LogP contribution in [0.5, 0.6) is 0 Å². The number of benzene rings is 1. The van der Waals surface area contributed by atoms with Gasteiger partial charge in [0, 0.05) is 17.1 Å². The first-order valence-electron chi connectivity index (χ1n) is 5.92. The van der Waals surface area contributed by atoms with Gasteiger partial charge in [-0.1, -0.05) is 17.3 Å². The number of aryl methyl sites for hydroxylation is 1. The summed E-state index contributed by atoms with van der Waals surface area (Å²) in [4.78, 5) is 0.657. The normalized spacial score (nSPS) is 12.4. The molecular weight excluding hydrogens is 344 g/mol. The Morgan fingerprint density at radius 2 is 2.10 bits per heavy atom. The Hall–Kier alpha value is -1.18. The number of halogens is 1. The van der Waals surface area contributed by atoms with Gasteiger partial charge in [-0.15, -0.1) is 0 Å². The largest absolute Gasteiger partial charge is 0.363 e. The maximum Gasteiger partial charge on any atom is 0.189 e. The summed E-state index contributed by atoms with van der Waals surface area (Å²) in [7, 11) is 0.107. The molecule has 0 aliphatic rings. The molecule has 0 spiro atoms. The molecule has 2 rings (SSSR count). The molecule has 1 unspecified atom stereocenters. The van der Waals surface area contributed by atoms with Crippen molar-refractivity contribution >= 4 is 32.7 Å². The number of aromatic nitrogens is 1. The highest BCUT2D eigenvalue weighted by Crippen LogP contribution is 2.28. The summed E-state index contributed by atoms with van der Waals surface area (Å²) < 4.78 is 25.4. The Bertz CT molecular complexity index is 630. The highest BCUT2D eigenvalue weighted by molar-refractivity contribution is 9.10. The van der Waals surface area contributed by atoms with Crippen LogP contribution in [0.3, 0.4) is 0 Å². The smallest absolute Gasteiger partial charge is 0.189 e. The van der Waals surface area contributed by atoms with Crippen molar-refractivity contribution in [1.82, 2.24) is 5.16 Å². The van der Waals surface area contributed by atoms with Crippen molar-refractivity contribution in [1.29, 1.82) is 0 Å². The lowest BCUT2D eigenvalue weighted by molar-refractivity contribution is 0.209. The highest BCUT2D eigenvalue weighted by Gasteiger charge is 2.23. The molecule has 20 heavy (non-hydrogen) atoms. The van der Waals surface area contributed by atoms with E-state index in [0.29, 0.717) is 16.5 Å². The minimum Gasteiger partial charge on any atom is -0.363 e. The van der Waals surface area contributed by atoms with Gasteiger partial charge in [0.1, 0.15) is 12.5 Å². The maximum absolute atomic E-state index is 12.8. The fourth-order valence-electron chi connectivity index (χ4n) is 1.65. The van der Waals surface area contributed by atoms with Gasteiger partial charge in [-0.2, -0.15) is 0 Å². The average Bonchev–Trinajstić information content (AvgIpc) is 2.76. The van der Waals surface area contributed by atoms with Gasteiger partial charge in [-0.25, -0.2) is 8.51 Å². The van der Waals surface area contributed by atoms with Gasteiger partial charge in [0.15, 0.2) is 16.8 Å². The van der Waals surface area contributed by atoms with Crippen LogP contribution in [0.15, 0.2) is 38.2 Å². The third-order valence-electron chi connectivity index (χ3n) is 2.84. The predicted octanol–water partition coefficient (Wildman–Crippen LogP) is 3.19. The topological polar surface area (TPSA) is 55.6 Å². The lowest BCUT2D eigenvalue weighted by Crippen LogP contribution is -2.29. The number of hydrogen-bond acceptors (Lipinski definition) is 4. The van der Waals surface area contributed by atoms with E-state index in [-0.39, 0.29) is 6.73 Å². The average molecular weight is 359 g/mol. The van der Waals surface area contributed by atoms with Crippen LogP contribution < -0.4 is 4.31 Å². The molecule has 0 N–H and O–H groups in total. The maximum atomic E-state index is 12.8. The number of anilines is 1. The van der Waals surface area contributed by atoms with E-state index < -0.39 is 11.0 Å². The van der Waals surface area contributed by atoms with Gasteiger partial charge >= 0.3 is 0 Å². The molecule has 0 saturated heterocycles. The van der Waals surface area contributed by atoms with E-state index in [4.69, 9.17) is 9.26 Å². The van der Waals surface area contributed by atoms with Crippen molar-refractivity contribution in [3.05, 3.63) is 40.1 Å². The van der Waals surface area contributed by atoms with E-state index in [2.05, 4.69) is 21.1 Å². The zero-order valence-corrected chi connectivity index (χ0v) is 13.8. The summed E-state index contributed by atoms with van der Waals surface area (Å²) in [6, 6.07) is 7.35. The monoisotopic (exact) mass is 358 g/mol. The Labute approximate surface area is 128 Å². The van der Waals surface area contributed by atoms with Crippen LogP contribution in [0.25, 0.3) is 0 Å². The van der Waals surface area contributed by atoms with Gasteiger partial charge in [0.05, 0.1) is 4.90 Å². The molecule has 1 heterocycles. The van der Waals surface area contributed by atoms with E-state index >= 15 is 0 Å². The third kappa shape index (κ3) is 2.94. The Balaban J connectivity index is 2.41. The lowest BCUT2D eigenvalue weighted by Gasteiger charge is -2.20. The minimum absolute atomic E-state index is 0.154. The van der Waals surface area contributed by atoms with E-state index in [1.54, 1.807) is 17.5 Å². The first-order chi connectivity index (χ1) is 9.56. The van der Waals surface area contributed by atoms with Crippen molar-refractivity contribution in [3.8, 4) is 0 Å². The van der Waals surface area contributed by atoms with Gasteiger partial charge < -0.3 is 9.26 Å². The fraction of sp³-hybridized carbons (Fsp3) is 0.308. The summed E-state index contributed by atoms with van der Waals surface area (Å²) >= 11 is 3.41. The highest BCUT2D eigenvalue weighted by atomic mass is 79.9. The molecule has 0 saturated carbocycles. The van der Waals surface area contributed by atoms with Crippen LogP contribution in [0.4, 0.5) is 5.82 Å². The van der Waals surface area contributed by atoms with Crippen molar-refractivity contribution in [2.75, 3.05) is 18.1 Å².